The number of anilines is 3. The van der Waals surface area contributed by atoms with E-state index in [0.29, 0.717) is 24.0 Å². The number of ether oxygens (including phenoxy) is 1. The minimum absolute atomic E-state index is 0.404. The summed E-state index contributed by atoms with van der Waals surface area (Å²) in [6.45, 7) is 2.40. The van der Waals surface area contributed by atoms with E-state index in [1.165, 1.54) is 6.33 Å². The van der Waals surface area contributed by atoms with Crippen molar-refractivity contribution in [2.24, 2.45) is 0 Å². The molecule has 5 nitrogen and oxygen atoms in total. The van der Waals surface area contributed by atoms with Crippen LogP contribution in [0.15, 0.2) is 30.6 Å². The number of halogens is 1. The number of nitrogen functional groups attached to an aromatic ring is 1. The van der Waals surface area contributed by atoms with E-state index in [2.05, 4.69) is 37.9 Å². The molecule has 0 atom stereocenters. The number of rotatable bonds is 4. The monoisotopic (exact) mass is 356 g/mol. The van der Waals surface area contributed by atoms with Gasteiger partial charge in [-0.2, -0.15) is 4.98 Å². The number of hydrogen-bond acceptors (Lipinski definition) is 5. The van der Waals surface area contributed by atoms with Crippen molar-refractivity contribution in [1.29, 1.82) is 0 Å². The van der Waals surface area contributed by atoms with Gasteiger partial charge in [0.15, 0.2) is 5.82 Å². The minimum atomic E-state index is 0.404. The second kappa shape index (κ2) is 5.85. The molecule has 1 aromatic heterocycles. The summed E-state index contributed by atoms with van der Waals surface area (Å²) >= 11 is 2.25. The van der Waals surface area contributed by atoms with E-state index in [1.807, 2.05) is 31.2 Å². The van der Waals surface area contributed by atoms with Crippen molar-refractivity contribution in [1.82, 2.24) is 9.97 Å². The molecular weight excluding hydrogens is 343 g/mol. The predicted molar refractivity (Wildman–Crippen MR) is 80.1 cm³/mol. The second-order valence-corrected chi connectivity index (χ2v) is 4.64. The molecule has 2 rings (SSSR count). The molecule has 0 unspecified atom stereocenters. The van der Waals surface area contributed by atoms with Crippen LogP contribution >= 0.6 is 22.6 Å². The minimum Gasteiger partial charge on any atom is -0.476 e. The number of benzene rings is 1. The Morgan fingerprint density at radius 2 is 2.11 bits per heavy atom. The molecule has 0 aliphatic carbocycles. The van der Waals surface area contributed by atoms with Gasteiger partial charge in [-0.15, -0.1) is 0 Å². The van der Waals surface area contributed by atoms with Crippen LogP contribution in [0.25, 0.3) is 0 Å². The van der Waals surface area contributed by atoms with Crippen LogP contribution in [0, 0.1) is 3.57 Å². The van der Waals surface area contributed by atoms with Gasteiger partial charge in [-0.1, -0.05) is 12.1 Å². The zero-order valence-corrected chi connectivity index (χ0v) is 12.0. The first kappa shape index (κ1) is 12.9. The Hall–Kier alpha value is -1.57. The zero-order valence-electron chi connectivity index (χ0n) is 9.85. The molecule has 6 heteroatoms. The molecule has 1 aromatic carbocycles. The number of nitrogens with one attached hydrogen (secondary N) is 1. The molecule has 1 heterocycles. The van der Waals surface area contributed by atoms with Gasteiger partial charge in [-0.3, -0.25) is 0 Å². The Morgan fingerprint density at radius 3 is 2.83 bits per heavy atom. The first-order chi connectivity index (χ1) is 8.72. The molecule has 3 N–H and O–H groups in total. The van der Waals surface area contributed by atoms with Gasteiger partial charge in [-0.25, -0.2) is 4.98 Å². The largest absolute Gasteiger partial charge is 0.476 e. The molecule has 0 fully saturated rings. The summed E-state index contributed by atoms with van der Waals surface area (Å²) in [5.41, 5.74) is 7.32. The molecule has 0 saturated heterocycles. The summed E-state index contributed by atoms with van der Waals surface area (Å²) < 4.78 is 6.42. The third-order valence-electron chi connectivity index (χ3n) is 2.26. The summed E-state index contributed by atoms with van der Waals surface area (Å²) in [7, 11) is 0. The SMILES string of the molecule is CCOc1ncnc(Nc2ccccc2I)c1N. The molecule has 0 aliphatic heterocycles. The van der Waals surface area contributed by atoms with Crippen LogP contribution in [0.1, 0.15) is 6.92 Å². The van der Waals surface area contributed by atoms with E-state index < -0.39 is 0 Å². The van der Waals surface area contributed by atoms with Gasteiger partial charge in [0.25, 0.3) is 0 Å². The lowest BCUT2D eigenvalue weighted by Crippen LogP contribution is -2.05. The highest BCUT2D eigenvalue weighted by molar-refractivity contribution is 14.1. The fourth-order valence-electron chi connectivity index (χ4n) is 1.42. The van der Waals surface area contributed by atoms with E-state index in [-0.39, 0.29) is 0 Å². The van der Waals surface area contributed by atoms with E-state index >= 15 is 0 Å². The first-order valence-electron chi connectivity index (χ1n) is 5.47. The van der Waals surface area contributed by atoms with E-state index in [4.69, 9.17) is 10.5 Å². The molecule has 0 saturated carbocycles. The Balaban J connectivity index is 2.30. The Bertz CT molecular complexity index is 547. The number of para-hydroxylation sites is 1. The Kier molecular flexibility index (Phi) is 4.19. The predicted octanol–water partition coefficient (Wildman–Crippen LogP) is 2.81. The van der Waals surface area contributed by atoms with Crippen molar-refractivity contribution in [2.75, 3.05) is 17.7 Å². The summed E-state index contributed by atoms with van der Waals surface area (Å²) in [5, 5.41) is 3.18. The number of aromatic nitrogens is 2. The van der Waals surface area contributed by atoms with Gasteiger partial charge in [0.1, 0.15) is 12.0 Å². The molecule has 0 bridgehead atoms. The highest BCUT2D eigenvalue weighted by Gasteiger charge is 2.09. The lowest BCUT2D eigenvalue weighted by molar-refractivity contribution is 0.328. The number of nitrogens with two attached hydrogens (primary N) is 1. The van der Waals surface area contributed by atoms with E-state index in [9.17, 15) is 0 Å². The molecule has 0 radical (unpaired) electrons. The van der Waals surface area contributed by atoms with Crippen molar-refractivity contribution >= 4 is 39.8 Å². The molecule has 0 aliphatic rings. The van der Waals surface area contributed by atoms with Crippen molar-refractivity contribution in [3.8, 4) is 5.88 Å². The smallest absolute Gasteiger partial charge is 0.242 e. The molecular formula is C12H13IN4O. The van der Waals surface area contributed by atoms with Crippen LogP contribution in [-0.2, 0) is 0 Å². The van der Waals surface area contributed by atoms with Gasteiger partial charge in [0.2, 0.25) is 5.88 Å². The maximum absolute atomic E-state index is 5.95. The van der Waals surface area contributed by atoms with Crippen LogP contribution < -0.4 is 15.8 Å². The third kappa shape index (κ3) is 2.81. The van der Waals surface area contributed by atoms with Gasteiger partial charge in [-0.05, 0) is 41.6 Å². The van der Waals surface area contributed by atoms with Crippen molar-refractivity contribution in [2.45, 2.75) is 6.92 Å². The van der Waals surface area contributed by atoms with Crippen LogP contribution in [0.5, 0.6) is 5.88 Å². The lowest BCUT2D eigenvalue weighted by Gasteiger charge is -2.11. The van der Waals surface area contributed by atoms with Crippen LogP contribution in [0.3, 0.4) is 0 Å². The molecule has 2 aromatic rings. The topological polar surface area (TPSA) is 73.1 Å². The fraction of sp³-hybridized carbons (Fsp3) is 0.167. The lowest BCUT2D eigenvalue weighted by atomic mass is 10.3. The Morgan fingerprint density at radius 1 is 1.33 bits per heavy atom. The van der Waals surface area contributed by atoms with Crippen LogP contribution in [0.2, 0.25) is 0 Å². The van der Waals surface area contributed by atoms with Gasteiger partial charge >= 0.3 is 0 Å². The normalized spacial score (nSPS) is 10.1. The maximum atomic E-state index is 5.95. The average Bonchev–Trinajstić information content (AvgIpc) is 2.37. The third-order valence-corrected chi connectivity index (χ3v) is 3.20. The standard InChI is InChI=1S/C12H13IN4O/c1-2-18-12-10(14)11(15-7-16-12)17-9-6-4-3-5-8(9)13/h3-7H,2,14H2,1H3,(H,15,16,17). The molecule has 18 heavy (non-hydrogen) atoms. The number of nitrogens with zero attached hydrogens (tertiary/aromatic N) is 2. The van der Waals surface area contributed by atoms with Crippen LogP contribution in [0.4, 0.5) is 17.2 Å². The fourth-order valence-corrected chi connectivity index (χ4v) is 1.94. The molecule has 0 amide bonds. The van der Waals surface area contributed by atoms with Crippen molar-refractivity contribution in [3.63, 3.8) is 0 Å². The highest BCUT2D eigenvalue weighted by Crippen LogP contribution is 2.28. The van der Waals surface area contributed by atoms with E-state index in [1.54, 1.807) is 0 Å². The first-order valence-corrected chi connectivity index (χ1v) is 6.55. The quantitative estimate of drug-likeness (QED) is 0.825. The van der Waals surface area contributed by atoms with Crippen molar-refractivity contribution in [3.05, 3.63) is 34.2 Å². The summed E-state index contributed by atoms with van der Waals surface area (Å²) in [5.74, 6) is 0.957. The summed E-state index contributed by atoms with van der Waals surface area (Å²) in [6.07, 6.45) is 1.43. The zero-order chi connectivity index (χ0) is 13.0. The van der Waals surface area contributed by atoms with Crippen LogP contribution in [-0.4, -0.2) is 16.6 Å². The molecule has 0 spiro atoms. The van der Waals surface area contributed by atoms with Crippen molar-refractivity contribution < 1.29 is 4.74 Å². The molecule has 94 valence electrons. The summed E-state index contributed by atoms with van der Waals surface area (Å²) in [6, 6.07) is 7.89. The second-order valence-electron chi connectivity index (χ2n) is 3.48. The summed E-state index contributed by atoms with van der Waals surface area (Å²) in [4.78, 5) is 8.12. The maximum Gasteiger partial charge on any atom is 0.242 e. The van der Waals surface area contributed by atoms with Gasteiger partial charge < -0.3 is 15.8 Å². The van der Waals surface area contributed by atoms with Gasteiger partial charge in [0, 0.05) is 3.57 Å². The highest BCUT2D eigenvalue weighted by atomic mass is 127. The van der Waals surface area contributed by atoms with Gasteiger partial charge in [0.05, 0.1) is 12.3 Å². The van der Waals surface area contributed by atoms with E-state index in [0.717, 1.165) is 9.26 Å². The number of hydrogen-bond donors (Lipinski definition) is 2. The average molecular weight is 356 g/mol. The Labute approximate surface area is 119 Å².